The van der Waals surface area contributed by atoms with Crippen LogP contribution in [0.25, 0.3) is 0 Å². The zero-order chi connectivity index (χ0) is 11.8. The number of carboxylic acids is 1. The van der Waals surface area contributed by atoms with Gasteiger partial charge in [-0.15, -0.1) is 11.8 Å². The molecular weight excluding hydrogens is 218 g/mol. The van der Waals surface area contributed by atoms with Crippen molar-refractivity contribution in [1.29, 1.82) is 0 Å². The molecule has 6 heteroatoms. The summed E-state index contributed by atoms with van der Waals surface area (Å²) in [5, 5.41) is 20.2. The monoisotopic (exact) mass is 235 g/mol. The van der Waals surface area contributed by atoms with Crippen molar-refractivity contribution in [3.05, 3.63) is 0 Å². The van der Waals surface area contributed by atoms with E-state index in [1.54, 1.807) is 0 Å². The van der Waals surface area contributed by atoms with Crippen LogP contribution >= 0.6 is 11.8 Å². The van der Waals surface area contributed by atoms with Gasteiger partial charge in [-0.25, -0.2) is 4.79 Å². The van der Waals surface area contributed by atoms with Gasteiger partial charge in [-0.1, -0.05) is 13.8 Å². The molecule has 0 fully saturated rings. The average Bonchev–Trinajstić information content (AvgIpc) is 2.14. The summed E-state index contributed by atoms with van der Waals surface area (Å²) >= 11 is 1.51. The number of hydrogen-bond donors (Lipinski definition) is 3. The Morgan fingerprint density at radius 3 is 2.47 bits per heavy atom. The quantitative estimate of drug-likeness (QED) is 0.582. The molecule has 0 aliphatic carbocycles. The first-order chi connectivity index (χ1) is 6.93. The third-order valence-electron chi connectivity index (χ3n) is 1.57. The molecule has 1 atom stereocenters. The van der Waals surface area contributed by atoms with Crippen LogP contribution in [0.4, 0.5) is 0 Å². The first-order valence-corrected chi connectivity index (χ1v) is 5.77. The third-order valence-corrected chi connectivity index (χ3v) is 2.67. The Morgan fingerprint density at radius 1 is 1.40 bits per heavy atom. The van der Waals surface area contributed by atoms with Crippen LogP contribution in [0, 0.1) is 0 Å². The fraction of sp³-hybridized carbons (Fsp3) is 0.778. The number of carboxylic acid groups (broad SMARTS) is 1. The average molecular weight is 235 g/mol. The lowest BCUT2D eigenvalue weighted by Gasteiger charge is -2.08. The molecule has 0 radical (unpaired) electrons. The zero-order valence-electron chi connectivity index (χ0n) is 8.90. The van der Waals surface area contributed by atoms with Crippen LogP contribution in [0.3, 0.4) is 0 Å². The first kappa shape index (κ1) is 14.2. The van der Waals surface area contributed by atoms with Gasteiger partial charge in [0.2, 0.25) is 5.91 Å². The largest absolute Gasteiger partial charge is 0.479 e. The van der Waals surface area contributed by atoms with E-state index >= 15 is 0 Å². The second kappa shape index (κ2) is 7.53. The van der Waals surface area contributed by atoms with Gasteiger partial charge >= 0.3 is 5.97 Å². The van der Waals surface area contributed by atoms with Gasteiger partial charge in [-0.3, -0.25) is 4.79 Å². The number of carbonyl (C=O) groups excluding carboxylic acids is 1. The van der Waals surface area contributed by atoms with Crippen molar-refractivity contribution in [2.45, 2.75) is 31.6 Å². The van der Waals surface area contributed by atoms with Crippen LogP contribution in [0.1, 0.15) is 20.3 Å². The molecule has 0 rings (SSSR count). The minimum Gasteiger partial charge on any atom is -0.479 e. The molecule has 1 amide bonds. The highest BCUT2D eigenvalue weighted by molar-refractivity contribution is 8.00. The van der Waals surface area contributed by atoms with Crippen molar-refractivity contribution in [2.75, 3.05) is 12.3 Å². The van der Waals surface area contributed by atoms with Crippen molar-refractivity contribution < 1.29 is 19.8 Å². The van der Waals surface area contributed by atoms with Gasteiger partial charge in [-0.2, -0.15) is 0 Å². The highest BCUT2D eigenvalue weighted by Gasteiger charge is 2.12. The van der Waals surface area contributed by atoms with E-state index in [0.717, 1.165) is 0 Å². The van der Waals surface area contributed by atoms with Gasteiger partial charge in [0.1, 0.15) is 0 Å². The molecule has 15 heavy (non-hydrogen) atoms. The Hall–Kier alpha value is -0.750. The normalized spacial score (nSPS) is 12.5. The van der Waals surface area contributed by atoms with E-state index in [1.165, 1.54) is 11.8 Å². The van der Waals surface area contributed by atoms with Crippen molar-refractivity contribution in [2.24, 2.45) is 0 Å². The summed E-state index contributed by atoms with van der Waals surface area (Å²) in [7, 11) is 0. The van der Waals surface area contributed by atoms with Crippen molar-refractivity contribution in [1.82, 2.24) is 5.32 Å². The van der Waals surface area contributed by atoms with Crippen LogP contribution in [-0.4, -0.2) is 45.7 Å². The van der Waals surface area contributed by atoms with Gasteiger partial charge in [0.15, 0.2) is 6.10 Å². The van der Waals surface area contributed by atoms with E-state index in [2.05, 4.69) is 5.32 Å². The Labute approximate surface area is 93.2 Å². The molecule has 88 valence electrons. The molecule has 0 saturated carbocycles. The highest BCUT2D eigenvalue weighted by Crippen LogP contribution is 2.07. The predicted molar refractivity (Wildman–Crippen MR) is 58.9 cm³/mol. The molecule has 0 aliphatic heterocycles. The highest BCUT2D eigenvalue weighted by atomic mass is 32.2. The number of aliphatic hydroxyl groups is 1. The topological polar surface area (TPSA) is 86.6 Å². The molecule has 0 aliphatic rings. The summed E-state index contributed by atoms with van der Waals surface area (Å²) in [6.07, 6.45) is -1.36. The molecule has 0 aromatic heterocycles. The Kier molecular flexibility index (Phi) is 7.15. The lowest BCUT2D eigenvalue weighted by molar-refractivity contribution is -0.147. The number of nitrogens with one attached hydrogen (secondary N) is 1. The lowest BCUT2D eigenvalue weighted by atomic mass is 10.2. The molecule has 0 heterocycles. The van der Waals surface area contributed by atoms with E-state index < -0.39 is 12.1 Å². The molecule has 0 aromatic rings. The number of amides is 1. The summed E-state index contributed by atoms with van der Waals surface area (Å²) in [6, 6.07) is 0. The minimum absolute atomic E-state index is 0.0351. The van der Waals surface area contributed by atoms with Gasteiger partial charge in [0, 0.05) is 13.0 Å². The van der Waals surface area contributed by atoms with Crippen LogP contribution < -0.4 is 5.32 Å². The van der Waals surface area contributed by atoms with Gasteiger partial charge in [0.05, 0.1) is 5.75 Å². The van der Waals surface area contributed by atoms with Crippen molar-refractivity contribution in [3.63, 3.8) is 0 Å². The zero-order valence-corrected chi connectivity index (χ0v) is 9.71. The first-order valence-electron chi connectivity index (χ1n) is 4.72. The van der Waals surface area contributed by atoms with Gasteiger partial charge in [-0.05, 0) is 5.25 Å². The van der Waals surface area contributed by atoms with Crippen LogP contribution in [0.5, 0.6) is 0 Å². The second-order valence-electron chi connectivity index (χ2n) is 3.35. The summed E-state index contributed by atoms with van der Waals surface area (Å²) in [5.74, 6) is -1.03. The summed E-state index contributed by atoms with van der Waals surface area (Å²) in [6.45, 7) is 4.17. The van der Waals surface area contributed by atoms with E-state index in [4.69, 9.17) is 10.2 Å². The molecule has 0 aromatic carbocycles. The molecule has 0 spiro atoms. The molecule has 0 unspecified atom stereocenters. The fourth-order valence-corrected chi connectivity index (χ4v) is 1.35. The lowest BCUT2D eigenvalue weighted by Crippen LogP contribution is -2.31. The minimum atomic E-state index is -1.40. The van der Waals surface area contributed by atoms with Gasteiger partial charge < -0.3 is 15.5 Å². The van der Waals surface area contributed by atoms with Crippen molar-refractivity contribution in [3.8, 4) is 0 Å². The molecule has 0 saturated heterocycles. The van der Waals surface area contributed by atoms with E-state index in [1.807, 2.05) is 13.8 Å². The standard InChI is InChI=1S/C9H17NO4S/c1-6(2)15-5-8(12)10-4-3-7(11)9(13)14/h6-7,11H,3-5H2,1-2H3,(H,10,12)(H,13,14)/t7-/m0/s1. The fourth-order valence-electron chi connectivity index (χ4n) is 0.765. The summed E-state index contributed by atoms with van der Waals surface area (Å²) in [5.41, 5.74) is 0. The van der Waals surface area contributed by atoms with Crippen LogP contribution in [0.2, 0.25) is 0 Å². The molecule has 3 N–H and O–H groups in total. The number of rotatable bonds is 7. The number of aliphatic carboxylic acids is 1. The van der Waals surface area contributed by atoms with Crippen LogP contribution in [-0.2, 0) is 9.59 Å². The van der Waals surface area contributed by atoms with E-state index in [9.17, 15) is 9.59 Å². The van der Waals surface area contributed by atoms with Gasteiger partial charge in [0.25, 0.3) is 0 Å². The maximum Gasteiger partial charge on any atom is 0.332 e. The maximum atomic E-state index is 11.1. The number of carbonyl (C=O) groups is 2. The Balaban J connectivity index is 3.51. The van der Waals surface area contributed by atoms with Crippen LogP contribution in [0.15, 0.2) is 0 Å². The maximum absolute atomic E-state index is 11.1. The number of hydrogen-bond acceptors (Lipinski definition) is 4. The Morgan fingerprint density at radius 2 is 2.00 bits per heavy atom. The number of thioether (sulfide) groups is 1. The van der Waals surface area contributed by atoms with E-state index in [0.29, 0.717) is 11.0 Å². The SMILES string of the molecule is CC(C)SCC(=O)NCC[C@H](O)C(=O)O. The predicted octanol–water partition coefficient (Wildman–Crippen LogP) is 0.0798. The van der Waals surface area contributed by atoms with E-state index in [-0.39, 0.29) is 18.9 Å². The molecule has 5 nitrogen and oxygen atoms in total. The number of aliphatic hydroxyl groups excluding tert-OH is 1. The molecule has 0 bridgehead atoms. The summed E-state index contributed by atoms with van der Waals surface area (Å²) in [4.78, 5) is 21.4. The third kappa shape index (κ3) is 8.26. The smallest absolute Gasteiger partial charge is 0.332 e. The Bertz CT molecular complexity index is 220. The summed E-state index contributed by atoms with van der Waals surface area (Å²) < 4.78 is 0. The molecular formula is C9H17NO4S. The van der Waals surface area contributed by atoms with Crippen molar-refractivity contribution >= 4 is 23.6 Å². The second-order valence-corrected chi connectivity index (χ2v) is 4.92.